The molecule has 98 valence electrons. The summed E-state index contributed by atoms with van der Waals surface area (Å²) < 4.78 is 15.5. The molecule has 1 N–H and O–H groups in total. The Labute approximate surface area is 113 Å². The molecular weight excluding hydrogens is 304 g/mol. The van der Waals surface area contributed by atoms with Gasteiger partial charge in [0.25, 0.3) is 0 Å². The van der Waals surface area contributed by atoms with Crippen LogP contribution in [0.4, 0.5) is 0 Å². The Morgan fingerprint density at radius 2 is 1.67 bits per heavy atom. The Bertz CT molecular complexity index is 456. The molecule has 0 amide bonds. The summed E-state index contributed by atoms with van der Waals surface area (Å²) in [5.74, 6) is 0.343. The minimum atomic E-state index is -1.05. The number of carboxylic acids is 1. The van der Waals surface area contributed by atoms with Crippen molar-refractivity contribution >= 4 is 28.0 Å². The summed E-state index contributed by atoms with van der Waals surface area (Å²) in [6, 6.07) is 3.32. The normalized spacial score (nSPS) is 11.0. The average Bonchev–Trinajstić information content (AvgIpc) is 2.37. The minimum Gasteiger partial charge on any atom is -0.493 e. The minimum absolute atomic E-state index is 0.0387. The summed E-state index contributed by atoms with van der Waals surface area (Å²) in [7, 11) is 4.50. The Morgan fingerprint density at radius 1 is 1.17 bits per heavy atom. The molecule has 0 heterocycles. The second-order valence-electron chi connectivity index (χ2n) is 3.26. The van der Waals surface area contributed by atoms with Crippen molar-refractivity contribution in [3.8, 4) is 17.2 Å². The molecule has 0 bridgehead atoms. The average molecular weight is 317 g/mol. The lowest BCUT2D eigenvalue weighted by Crippen LogP contribution is -1.96. The molecule has 1 rings (SSSR count). The van der Waals surface area contributed by atoms with E-state index in [1.54, 1.807) is 12.1 Å². The van der Waals surface area contributed by atoms with Gasteiger partial charge >= 0.3 is 5.97 Å². The summed E-state index contributed by atoms with van der Waals surface area (Å²) >= 11 is 2.96. The number of benzene rings is 1. The molecule has 0 aromatic heterocycles. The zero-order valence-electron chi connectivity index (χ0n) is 10.2. The SMILES string of the molecule is COc1cc(/C=C(/Br)C(=O)O)cc(OC)c1OC. The van der Waals surface area contributed by atoms with Gasteiger partial charge in [-0.05, 0) is 39.7 Å². The van der Waals surface area contributed by atoms with Gasteiger partial charge in [-0.1, -0.05) is 0 Å². The molecule has 0 radical (unpaired) electrons. The van der Waals surface area contributed by atoms with Crippen molar-refractivity contribution in [3.63, 3.8) is 0 Å². The maximum Gasteiger partial charge on any atom is 0.342 e. The molecule has 0 atom stereocenters. The molecule has 5 nitrogen and oxygen atoms in total. The van der Waals surface area contributed by atoms with Gasteiger partial charge in [0.2, 0.25) is 5.75 Å². The number of carboxylic acid groups (broad SMARTS) is 1. The molecule has 0 aliphatic carbocycles. The third-order valence-corrected chi connectivity index (χ3v) is 2.75. The monoisotopic (exact) mass is 316 g/mol. The van der Waals surface area contributed by atoms with Gasteiger partial charge in [0, 0.05) is 0 Å². The predicted molar refractivity (Wildman–Crippen MR) is 70.6 cm³/mol. The van der Waals surface area contributed by atoms with Crippen molar-refractivity contribution < 1.29 is 24.1 Å². The van der Waals surface area contributed by atoms with Gasteiger partial charge in [-0.25, -0.2) is 4.79 Å². The quantitative estimate of drug-likeness (QED) is 0.846. The van der Waals surface area contributed by atoms with Crippen LogP contribution in [0.5, 0.6) is 17.2 Å². The van der Waals surface area contributed by atoms with Crippen LogP contribution >= 0.6 is 15.9 Å². The van der Waals surface area contributed by atoms with E-state index in [1.165, 1.54) is 27.4 Å². The van der Waals surface area contributed by atoms with Crippen LogP contribution in [0, 0.1) is 0 Å². The smallest absolute Gasteiger partial charge is 0.342 e. The highest BCUT2D eigenvalue weighted by atomic mass is 79.9. The van der Waals surface area contributed by atoms with E-state index in [1.807, 2.05) is 0 Å². The number of methoxy groups -OCH3 is 3. The van der Waals surface area contributed by atoms with Gasteiger partial charge in [0.15, 0.2) is 11.5 Å². The maximum atomic E-state index is 10.7. The first-order valence-electron chi connectivity index (χ1n) is 4.94. The number of rotatable bonds is 5. The molecule has 6 heteroatoms. The van der Waals surface area contributed by atoms with Gasteiger partial charge in [-0.15, -0.1) is 0 Å². The van der Waals surface area contributed by atoms with Crippen molar-refractivity contribution in [2.45, 2.75) is 0 Å². The van der Waals surface area contributed by atoms with E-state index in [0.717, 1.165) is 0 Å². The number of halogens is 1. The first kappa shape index (κ1) is 14.4. The van der Waals surface area contributed by atoms with Crippen molar-refractivity contribution in [1.82, 2.24) is 0 Å². The molecule has 1 aromatic rings. The summed E-state index contributed by atoms with van der Waals surface area (Å²) in [5.41, 5.74) is 0.624. The molecule has 0 spiro atoms. The number of hydrogen-bond donors (Lipinski definition) is 1. The third-order valence-electron chi connectivity index (χ3n) is 2.18. The summed E-state index contributed by atoms with van der Waals surface area (Å²) in [6.45, 7) is 0. The lowest BCUT2D eigenvalue weighted by atomic mass is 10.1. The second-order valence-corrected chi connectivity index (χ2v) is 4.11. The Hall–Kier alpha value is -1.69. The van der Waals surface area contributed by atoms with E-state index in [0.29, 0.717) is 22.8 Å². The Morgan fingerprint density at radius 3 is 2.00 bits per heavy atom. The molecule has 0 saturated heterocycles. The van der Waals surface area contributed by atoms with E-state index in [9.17, 15) is 4.79 Å². The largest absolute Gasteiger partial charge is 0.493 e. The Balaban J connectivity index is 3.32. The van der Waals surface area contributed by atoms with Gasteiger partial charge in [-0.3, -0.25) is 0 Å². The van der Waals surface area contributed by atoms with Crippen LogP contribution in [0.2, 0.25) is 0 Å². The summed E-state index contributed by atoms with van der Waals surface area (Å²) in [6.07, 6.45) is 1.45. The van der Waals surface area contributed by atoms with Crippen LogP contribution in [0.25, 0.3) is 6.08 Å². The summed E-state index contributed by atoms with van der Waals surface area (Å²) in [5, 5.41) is 8.79. The van der Waals surface area contributed by atoms with E-state index < -0.39 is 5.97 Å². The standard InChI is InChI=1S/C12H13BrO5/c1-16-9-5-7(4-8(13)12(14)15)6-10(17-2)11(9)18-3/h4-6H,1-3H3,(H,14,15)/b8-4+. The van der Waals surface area contributed by atoms with E-state index in [2.05, 4.69) is 15.9 Å². The van der Waals surface area contributed by atoms with Gasteiger partial charge < -0.3 is 19.3 Å². The van der Waals surface area contributed by atoms with Crippen molar-refractivity contribution in [3.05, 3.63) is 22.2 Å². The van der Waals surface area contributed by atoms with Crippen LogP contribution in [0.3, 0.4) is 0 Å². The third kappa shape index (κ3) is 3.16. The number of carbonyl (C=O) groups is 1. The second kappa shape index (κ2) is 6.30. The van der Waals surface area contributed by atoms with Crippen molar-refractivity contribution in [2.75, 3.05) is 21.3 Å². The number of ether oxygens (including phenoxy) is 3. The fraction of sp³-hybridized carbons (Fsp3) is 0.250. The topological polar surface area (TPSA) is 65.0 Å². The molecule has 0 aliphatic heterocycles. The molecule has 0 aliphatic rings. The first-order valence-corrected chi connectivity index (χ1v) is 5.73. The van der Waals surface area contributed by atoms with Crippen LogP contribution in [0.15, 0.2) is 16.6 Å². The van der Waals surface area contributed by atoms with Crippen LogP contribution in [-0.2, 0) is 4.79 Å². The molecule has 0 unspecified atom stereocenters. The fourth-order valence-corrected chi connectivity index (χ4v) is 1.66. The zero-order chi connectivity index (χ0) is 13.7. The van der Waals surface area contributed by atoms with E-state index in [4.69, 9.17) is 19.3 Å². The Kier molecular flexibility index (Phi) is 5.03. The molecule has 0 fully saturated rings. The highest BCUT2D eigenvalue weighted by Gasteiger charge is 2.13. The zero-order valence-corrected chi connectivity index (χ0v) is 11.8. The molecule has 0 saturated carbocycles. The lowest BCUT2D eigenvalue weighted by Gasteiger charge is -2.12. The maximum absolute atomic E-state index is 10.7. The van der Waals surface area contributed by atoms with Gasteiger partial charge in [0.05, 0.1) is 21.3 Å². The molecular formula is C12H13BrO5. The first-order chi connectivity index (χ1) is 8.53. The highest BCUT2D eigenvalue weighted by molar-refractivity contribution is 9.12. The van der Waals surface area contributed by atoms with Crippen LogP contribution in [0.1, 0.15) is 5.56 Å². The van der Waals surface area contributed by atoms with Gasteiger partial charge in [0.1, 0.15) is 4.48 Å². The van der Waals surface area contributed by atoms with Crippen molar-refractivity contribution in [2.24, 2.45) is 0 Å². The van der Waals surface area contributed by atoms with E-state index >= 15 is 0 Å². The van der Waals surface area contributed by atoms with E-state index in [-0.39, 0.29) is 4.48 Å². The summed E-state index contributed by atoms with van der Waals surface area (Å²) in [4.78, 5) is 10.7. The molecule has 18 heavy (non-hydrogen) atoms. The lowest BCUT2D eigenvalue weighted by molar-refractivity contribution is -0.131. The van der Waals surface area contributed by atoms with Gasteiger partial charge in [-0.2, -0.15) is 0 Å². The number of hydrogen-bond acceptors (Lipinski definition) is 4. The van der Waals surface area contributed by atoms with Crippen LogP contribution in [-0.4, -0.2) is 32.4 Å². The van der Waals surface area contributed by atoms with Crippen LogP contribution < -0.4 is 14.2 Å². The fourth-order valence-electron chi connectivity index (χ4n) is 1.39. The van der Waals surface area contributed by atoms with Crippen molar-refractivity contribution in [1.29, 1.82) is 0 Å². The highest BCUT2D eigenvalue weighted by Crippen LogP contribution is 2.38. The predicted octanol–water partition coefficient (Wildman–Crippen LogP) is 2.53. The molecule has 1 aromatic carbocycles. The number of aliphatic carboxylic acids is 1.